The van der Waals surface area contributed by atoms with Gasteiger partial charge in [-0.2, -0.15) is 4.98 Å². The number of halogens is 1. The summed E-state index contributed by atoms with van der Waals surface area (Å²) in [6, 6.07) is 15.0. The van der Waals surface area contributed by atoms with Gasteiger partial charge in [0.05, 0.1) is 0 Å². The van der Waals surface area contributed by atoms with Crippen molar-refractivity contribution in [2.75, 3.05) is 26.2 Å². The molecule has 36 heavy (non-hydrogen) atoms. The Balaban J connectivity index is 1.36. The molecule has 2 heterocycles. The van der Waals surface area contributed by atoms with Gasteiger partial charge in [-0.15, -0.1) is 0 Å². The van der Waals surface area contributed by atoms with Gasteiger partial charge in [-0.05, 0) is 42.2 Å². The molecule has 0 saturated carbocycles. The molecule has 1 aliphatic heterocycles. The van der Waals surface area contributed by atoms with Crippen LogP contribution in [0.25, 0.3) is 22.8 Å². The molecule has 0 spiro atoms. The summed E-state index contributed by atoms with van der Waals surface area (Å²) in [5.74, 6) is 1.10. The van der Waals surface area contributed by atoms with Crippen LogP contribution in [-0.2, 0) is 16.1 Å². The Morgan fingerprint density at radius 3 is 2.47 bits per heavy atom. The van der Waals surface area contributed by atoms with Gasteiger partial charge in [0.1, 0.15) is 6.04 Å². The standard InChI is InChI=1S/C27H32ClN5O3/c1-18(2)14-24(29-19(3)34)27(35)33-12-10-32(11-13-33)17-20-6-4-7-21(15-20)25-30-26(36-31-25)22-8-5-9-23(28)16-22/h4-9,15-16,18,24H,10-14,17H2,1-3H3,(H,29,34). The molecule has 1 saturated heterocycles. The Hall–Kier alpha value is -3.23. The first kappa shape index (κ1) is 25.9. The number of hydrogen-bond acceptors (Lipinski definition) is 6. The highest BCUT2D eigenvalue weighted by Crippen LogP contribution is 2.25. The highest BCUT2D eigenvalue weighted by Gasteiger charge is 2.28. The predicted octanol–water partition coefficient (Wildman–Crippen LogP) is 4.25. The molecule has 0 aliphatic carbocycles. The molecule has 1 unspecified atom stereocenters. The van der Waals surface area contributed by atoms with E-state index in [1.807, 2.05) is 29.2 Å². The zero-order valence-corrected chi connectivity index (χ0v) is 21.7. The predicted molar refractivity (Wildman–Crippen MR) is 139 cm³/mol. The molecule has 1 N–H and O–H groups in total. The van der Waals surface area contributed by atoms with Crippen LogP contribution < -0.4 is 5.32 Å². The summed E-state index contributed by atoms with van der Waals surface area (Å²) >= 11 is 6.08. The van der Waals surface area contributed by atoms with Gasteiger partial charge in [0.15, 0.2) is 0 Å². The molecular formula is C27H32ClN5O3. The molecule has 2 amide bonds. The number of nitrogens with one attached hydrogen (secondary N) is 1. The first-order valence-corrected chi connectivity index (χ1v) is 12.6. The van der Waals surface area contributed by atoms with Crippen molar-refractivity contribution in [3.05, 3.63) is 59.1 Å². The SMILES string of the molecule is CC(=O)NC(CC(C)C)C(=O)N1CCN(Cc2cccc(-c3noc(-c4cccc(Cl)c4)n3)c2)CC1. The van der Waals surface area contributed by atoms with Crippen LogP contribution in [0.2, 0.25) is 5.02 Å². The Labute approximate surface area is 216 Å². The maximum atomic E-state index is 13.0. The molecule has 1 atom stereocenters. The second-order valence-corrected chi connectivity index (χ2v) is 10.1. The van der Waals surface area contributed by atoms with Crippen molar-refractivity contribution in [1.29, 1.82) is 0 Å². The van der Waals surface area contributed by atoms with Crippen LogP contribution in [0.1, 0.15) is 32.8 Å². The number of hydrogen-bond donors (Lipinski definition) is 1. The van der Waals surface area contributed by atoms with Crippen LogP contribution in [0, 0.1) is 5.92 Å². The van der Waals surface area contributed by atoms with Crippen LogP contribution in [0.5, 0.6) is 0 Å². The third-order valence-corrected chi connectivity index (χ3v) is 6.39. The molecule has 0 radical (unpaired) electrons. The van der Waals surface area contributed by atoms with Gasteiger partial charge in [-0.3, -0.25) is 14.5 Å². The van der Waals surface area contributed by atoms with Crippen LogP contribution in [-0.4, -0.2) is 64.0 Å². The van der Waals surface area contributed by atoms with Gasteiger partial charge in [-0.1, -0.05) is 54.9 Å². The lowest BCUT2D eigenvalue weighted by Gasteiger charge is -2.36. The first-order chi connectivity index (χ1) is 17.3. The van der Waals surface area contributed by atoms with Crippen molar-refractivity contribution in [3.8, 4) is 22.8 Å². The Bertz CT molecular complexity index is 1200. The number of rotatable bonds is 8. The Kier molecular flexibility index (Phi) is 8.38. The zero-order chi connectivity index (χ0) is 25.7. The fraction of sp³-hybridized carbons (Fsp3) is 0.407. The second-order valence-electron chi connectivity index (χ2n) is 9.62. The monoisotopic (exact) mass is 509 g/mol. The van der Waals surface area contributed by atoms with E-state index in [0.29, 0.717) is 42.2 Å². The number of piperazine rings is 1. The van der Waals surface area contributed by atoms with Crippen molar-refractivity contribution >= 4 is 23.4 Å². The normalized spacial score (nSPS) is 15.2. The summed E-state index contributed by atoms with van der Waals surface area (Å²) < 4.78 is 5.46. The summed E-state index contributed by atoms with van der Waals surface area (Å²) in [4.78, 5) is 33.3. The lowest BCUT2D eigenvalue weighted by atomic mass is 10.0. The van der Waals surface area contributed by atoms with E-state index in [1.165, 1.54) is 6.92 Å². The minimum absolute atomic E-state index is 0.00756. The van der Waals surface area contributed by atoms with Crippen molar-refractivity contribution in [2.45, 2.75) is 39.8 Å². The van der Waals surface area contributed by atoms with Crippen LogP contribution >= 0.6 is 11.6 Å². The molecule has 3 aromatic rings. The van der Waals surface area contributed by atoms with Gasteiger partial charge in [0.25, 0.3) is 5.89 Å². The minimum atomic E-state index is -0.461. The minimum Gasteiger partial charge on any atom is -0.345 e. The van der Waals surface area contributed by atoms with Crippen LogP contribution in [0.15, 0.2) is 53.1 Å². The molecule has 0 bridgehead atoms. The molecule has 2 aromatic carbocycles. The quantitative estimate of drug-likeness (QED) is 0.488. The van der Waals surface area contributed by atoms with Crippen molar-refractivity contribution in [2.24, 2.45) is 5.92 Å². The van der Waals surface area contributed by atoms with E-state index in [1.54, 1.807) is 12.1 Å². The van der Waals surface area contributed by atoms with Gasteiger partial charge in [0.2, 0.25) is 17.6 Å². The van der Waals surface area contributed by atoms with Gasteiger partial charge < -0.3 is 14.7 Å². The largest absolute Gasteiger partial charge is 0.345 e. The van der Waals surface area contributed by atoms with Gasteiger partial charge in [0, 0.05) is 55.8 Å². The van der Waals surface area contributed by atoms with E-state index in [-0.39, 0.29) is 11.8 Å². The smallest absolute Gasteiger partial charge is 0.258 e. The molecule has 4 rings (SSSR count). The second kappa shape index (κ2) is 11.7. The maximum absolute atomic E-state index is 13.0. The molecule has 8 nitrogen and oxygen atoms in total. The van der Waals surface area contributed by atoms with Crippen LogP contribution in [0.4, 0.5) is 0 Å². The number of amides is 2. The number of carbonyl (C=O) groups is 2. The molecule has 9 heteroatoms. The number of carbonyl (C=O) groups excluding carboxylic acids is 2. The van der Waals surface area contributed by atoms with E-state index in [4.69, 9.17) is 16.1 Å². The van der Waals surface area contributed by atoms with E-state index in [0.717, 1.165) is 36.3 Å². The Morgan fingerprint density at radius 2 is 1.78 bits per heavy atom. The summed E-state index contributed by atoms with van der Waals surface area (Å²) in [5.41, 5.74) is 2.79. The van der Waals surface area contributed by atoms with Crippen molar-refractivity contribution in [1.82, 2.24) is 25.3 Å². The average Bonchev–Trinajstić information content (AvgIpc) is 3.34. The summed E-state index contributed by atoms with van der Waals surface area (Å²) in [6.07, 6.45) is 0.639. The highest BCUT2D eigenvalue weighted by molar-refractivity contribution is 6.30. The molecule has 1 fully saturated rings. The van der Waals surface area contributed by atoms with E-state index < -0.39 is 6.04 Å². The average molecular weight is 510 g/mol. The van der Waals surface area contributed by atoms with Gasteiger partial charge in [-0.25, -0.2) is 0 Å². The first-order valence-electron chi connectivity index (χ1n) is 12.3. The zero-order valence-electron chi connectivity index (χ0n) is 20.9. The summed E-state index contributed by atoms with van der Waals surface area (Å²) in [7, 11) is 0. The van der Waals surface area contributed by atoms with E-state index in [2.05, 4.69) is 46.3 Å². The summed E-state index contributed by atoms with van der Waals surface area (Å²) in [5, 5.41) is 7.59. The molecule has 1 aromatic heterocycles. The lowest BCUT2D eigenvalue weighted by molar-refractivity contribution is -0.138. The van der Waals surface area contributed by atoms with Crippen molar-refractivity contribution < 1.29 is 14.1 Å². The van der Waals surface area contributed by atoms with E-state index in [9.17, 15) is 9.59 Å². The number of aromatic nitrogens is 2. The fourth-order valence-electron chi connectivity index (χ4n) is 4.43. The van der Waals surface area contributed by atoms with Crippen LogP contribution in [0.3, 0.4) is 0 Å². The van der Waals surface area contributed by atoms with E-state index >= 15 is 0 Å². The van der Waals surface area contributed by atoms with Gasteiger partial charge >= 0.3 is 0 Å². The topological polar surface area (TPSA) is 91.6 Å². The maximum Gasteiger partial charge on any atom is 0.258 e. The number of benzene rings is 2. The molecule has 1 aliphatic rings. The molecular weight excluding hydrogens is 478 g/mol. The fourth-order valence-corrected chi connectivity index (χ4v) is 4.62. The lowest BCUT2D eigenvalue weighted by Crippen LogP contribution is -2.54. The number of nitrogens with zero attached hydrogens (tertiary/aromatic N) is 4. The highest BCUT2D eigenvalue weighted by atomic mass is 35.5. The third-order valence-electron chi connectivity index (χ3n) is 6.16. The summed E-state index contributed by atoms with van der Waals surface area (Å²) in [6.45, 7) is 9.15. The molecule has 190 valence electrons. The van der Waals surface area contributed by atoms with Crippen molar-refractivity contribution in [3.63, 3.8) is 0 Å². The Morgan fingerprint density at radius 1 is 1.06 bits per heavy atom. The third kappa shape index (κ3) is 6.71.